The molecule has 4 nitrogen and oxygen atoms in total. The van der Waals surface area contributed by atoms with Crippen LogP contribution in [0.4, 0.5) is 4.39 Å². The Labute approximate surface area is 98.7 Å². The zero-order chi connectivity index (χ0) is 12.2. The average molecular weight is 262 g/mol. The molecule has 0 saturated heterocycles. The predicted molar refractivity (Wildman–Crippen MR) is 63.0 cm³/mol. The van der Waals surface area contributed by atoms with Gasteiger partial charge in [0.05, 0.1) is 9.88 Å². The Morgan fingerprint density at radius 1 is 1.50 bits per heavy atom. The number of nitrogens with two attached hydrogens (primary N) is 1. The number of sulfonamides is 1. The van der Waals surface area contributed by atoms with Gasteiger partial charge in [0.15, 0.2) is 0 Å². The van der Waals surface area contributed by atoms with E-state index in [1.807, 2.05) is 0 Å². The van der Waals surface area contributed by atoms with Gasteiger partial charge in [-0.2, -0.15) is 0 Å². The number of rotatable bonds is 5. The van der Waals surface area contributed by atoms with Crippen molar-refractivity contribution in [2.75, 3.05) is 6.54 Å². The van der Waals surface area contributed by atoms with E-state index in [2.05, 4.69) is 16.9 Å². The quantitative estimate of drug-likeness (QED) is 0.769. The monoisotopic (exact) mass is 262 g/mol. The van der Waals surface area contributed by atoms with Gasteiger partial charge in [0, 0.05) is 13.0 Å². The molecule has 0 unspecified atom stereocenters. The van der Waals surface area contributed by atoms with Crippen molar-refractivity contribution in [3.05, 3.63) is 30.1 Å². The lowest BCUT2D eigenvalue weighted by molar-refractivity contribution is 0.578. The number of benzene rings is 1. The van der Waals surface area contributed by atoms with Gasteiger partial charge in [0.2, 0.25) is 10.0 Å². The maximum Gasteiger partial charge on any atom is 0.240 e. The highest BCUT2D eigenvalue weighted by atomic mass is 32.2. The lowest BCUT2D eigenvalue weighted by Gasteiger charge is -2.05. The summed E-state index contributed by atoms with van der Waals surface area (Å²) in [5.74, 6) is -0.600. The highest BCUT2D eigenvalue weighted by molar-refractivity contribution is 7.89. The molecule has 0 amide bonds. The molecule has 0 bridgehead atoms. The molecular formula is C9H11FN2O2S2. The van der Waals surface area contributed by atoms with Gasteiger partial charge in [0.25, 0.3) is 0 Å². The minimum Gasteiger partial charge on any atom is -0.393 e. The number of thiocarbonyl (C=S) groups is 1. The fourth-order valence-electron chi connectivity index (χ4n) is 1.03. The van der Waals surface area contributed by atoms with Crippen LogP contribution in [0.5, 0.6) is 0 Å². The summed E-state index contributed by atoms with van der Waals surface area (Å²) in [6.07, 6.45) is 0.268. The third-order valence-electron chi connectivity index (χ3n) is 1.77. The molecule has 0 aliphatic heterocycles. The summed E-state index contributed by atoms with van der Waals surface area (Å²) in [4.78, 5) is 0.109. The molecule has 0 radical (unpaired) electrons. The lowest BCUT2D eigenvalue weighted by atomic mass is 10.4. The summed E-state index contributed by atoms with van der Waals surface area (Å²) in [6, 6.07) is 4.76. The number of nitrogens with one attached hydrogen (secondary N) is 1. The van der Waals surface area contributed by atoms with Crippen molar-refractivity contribution in [2.45, 2.75) is 11.3 Å². The molecule has 3 N–H and O–H groups in total. The van der Waals surface area contributed by atoms with E-state index < -0.39 is 15.8 Å². The molecule has 0 heterocycles. The molecule has 0 atom stereocenters. The Kier molecular flexibility index (Phi) is 4.34. The standard InChI is InChI=1S/C9H11FN2O2S2/c10-7-2-1-3-8(6-7)16(13,14)12-5-4-9(11)15/h1-3,6,12H,4-5H2,(H2,11,15). The van der Waals surface area contributed by atoms with Gasteiger partial charge in [-0.25, -0.2) is 17.5 Å². The molecule has 1 aromatic carbocycles. The SMILES string of the molecule is NC(=S)CCNS(=O)(=O)c1cccc(F)c1. The molecule has 16 heavy (non-hydrogen) atoms. The van der Waals surface area contributed by atoms with Crippen LogP contribution >= 0.6 is 12.2 Å². The molecule has 0 aromatic heterocycles. The van der Waals surface area contributed by atoms with Gasteiger partial charge in [-0.15, -0.1) is 0 Å². The molecule has 1 aromatic rings. The summed E-state index contributed by atoms with van der Waals surface area (Å²) < 4.78 is 38.3. The van der Waals surface area contributed by atoms with E-state index in [9.17, 15) is 12.8 Å². The van der Waals surface area contributed by atoms with E-state index in [1.54, 1.807) is 0 Å². The smallest absolute Gasteiger partial charge is 0.240 e. The van der Waals surface area contributed by atoms with Gasteiger partial charge < -0.3 is 5.73 Å². The van der Waals surface area contributed by atoms with Crippen molar-refractivity contribution >= 4 is 27.2 Å². The number of hydrogen-bond acceptors (Lipinski definition) is 3. The second kappa shape index (κ2) is 5.33. The zero-order valence-electron chi connectivity index (χ0n) is 8.31. The van der Waals surface area contributed by atoms with Crippen molar-refractivity contribution in [3.8, 4) is 0 Å². The van der Waals surface area contributed by atoms with Gasteiger partial charge in [-0.3, -0.25) is 0 Å². The molecule has 0 spiro atoms. The van der Waals surface area contributed by atoms with Crippen LogP contribution in [0, 0.1) is 5.82 Å². The van der Waals surface area contributed by atoms with Crippen LogP contribution in [-0.2, 0) is 10.0 Å². The summed E-state index contributed by atoms with van der Waals surface area (Å²) in [5.41, 5.74) is 5.22. The fraction of sp³-hybridized carbons (Fsp3) is 0.222. The number of hydrogen-bond donors (Lipinski definition) is 2. The highest BCUT2D eigenvalue weighted by Crippen LogP contribution is 2.09. The van der Waals surface area contributed by atoms with Crippen LogP contribution in [-0.4, -0.2) is 20.0 Å². The van der Waals surface area contributed by atoms with Crippen molar-refractivity contribution in [1.82, 2.24) is 4.72 Å². The van der Waals surface area contributed by atoms with E-state index in [4.69, 9.17) is 5.73 Å². The largest absolute Gasteiger partial charge is 0.393 e. The highest BCUT2D eigenvalue weighted by Gasteiger charge is 2.13. The third kappa shape index (κ3) is 3.84. The summed E-state index contributed by atoms with van der Waals surface area (Å²) in [6.45, 7) is 0.105. The Balaban J connectivity index is 2.74. The molecule has 1 rings (SSSR count). The van der Waals surface area contributed by atoms with Gasteiger partial charge >= 0.3 is 0 Å². The summed E-state index contributed by atoms with van der Waals surface area (Å²) >= 11 is 4.60. The van der Waals surface area contributed by atoms with E-state index >= 15 is 0 Å². The molecular weight excluding hydrogens is 251 g/mol. The van der Waals surface area contributed by atoms with E-state index in [0.29, 0.717) is 0 Å². The first-order chi connectivity index (χ1) is 7.42. The Hall–Kier alpha value is -1.05. The molecule has 0 aliphatic carbocycles. The normalized spacial score (nSPS) is 11.3. The molecule has 0 saturated carbocycles. The van der Waals surface area contributed by atoms with Crippen LogP contribution < -0.4 is 10.5 Å². The fourth-order valence-corrected chi connectivity index (χ4v) is 2.19. The topological polar surface area (TPSA) is 72.2 Å². The van der Waals surface area contributed by atoms with Crippen molar-refractivity contribution in [1.29, 1.82) is 0 Å². The van der Waals surface area contributed by atoms with Gasteiger partial charge in [0.1, 0.15) is 5.82 Å². The first kappa shape index (κ1) is 13.0. The van der Waals surface area contributed by atoms with Crippen LogP contribution in [0.1, 0.15) is 6.42 Å². The second-order valence-corrected chi connectivity index (χ2v) is 5.36. The zero-order valence-corrected chi connectivity index (χ0v) is 9.94. The van der Waals surface area contributed by atoms with Crippen molar-refractivity contribution in [2.24, 2.45) is 5.73 Å². The van der Waals surface area contributed by atoms with Crippen LogP contribution in [0.15, 0.2) is 29.2 Å². The molecule has 0 aliphatic rings. The van der Waals surface area contributed by atoms with Crippen LogP contribution in [0.2, 0.25) is 0 Å². The Bertz CT molecular complexity index is 488. The molecule has 0 fully saturated rings. The van der Waals surface area contributed by atoms with Gasteiger partial charge in [-0.1, -0.05) is 18.3 Å². The maximum atomic E-state index is 12.8. The second-order valence-electron chi connectivity index (χ2n) is 3.07. The van der Waals surface area contributed by atoms with Crippen molar-refractivity contribution in [3.63, 3.8) is 0 Å². The van der Waals surface area contributed by atoms with E-state index in [0.717, 1.165) is 6.07 Å². The molecule has 88 valence electrons. The minimum absolute atomic E-state index is 0.105. The van der Waals surface area contributed by atoms with Gasteiger partial charge in [-0.05, 0) is 18.2 Å². The van der Waals surface area contributed by atoms with E-state index in [1.165, 1.54) is 18.2 Å². The molecule has 7 heteroatoms. The Morgan fingerprint density at radius 2 is 2.19 bits per heavy atom. The first-order valence-corrected chi connectivity index (χ1v) is 6.34. The predicted octanol–water partition coefficient (Wildman–Crippen LogP) is 0.780. The van der Waals surface area contributed by atoms with Crippen LogP contribution in [0.3, 0.4) is 0 Å². The average Bonchev–Trinajstić information content (AvgIpc) is 2.16. The summed E-state index contributed by atoms with van der Waals surface area (Å²) in [7, 11) is -3.68. The van der Waals surface area contributed by atoms with E-state index in [-0.39, 0.29) is 22.8 Å². The first-order valence-electron chi connectivity index (χ1n) is 4.45. The number of halogens is 1. The third-order valence-corrected chi connectivity index (χ3v) is 3.43. The maximum absolute atomic E-state index is 12.8. The van der Waals surface area contributed by atoms with Crippen LogP contribution in [0.25, 0.3) is 0 Å². The Morgan fingerprint density at radius 3 is 2.75 bits per heavy atom. The van der Waals surface area contributed by atoms with Crippen molar-refractivity contribution < 1.29 is 12.8 Å². The minimum atomic E-state index is -3.68. The summed E-state index contributed by atoms with van der Waals surface area (Å²) in [5, 5.41) is 0. The lowest BCUT2D eigenvalue weighted by Crippen LogP contribution is -2.27.